The van der Waals surface area contributed by atoms with Gasteiger partial charge in [-0.25, -0.2) is 4.98 Å². The molecule has 2 N–H and O–H groups in total. The number of nitrogens with zero attached hydrogens (tertiary/aromatic N) is 2. The Balaban J connectivity index is 1.57. The van der Waals surface area contributed by atoms with Crippen LogP contribution in [0.4, 0.5) is 0 Å². The van der Waals surface area contributed by atoms with Crippen molar-refractivity contribution in [3.05, 3.63) is 50.4 Å². The zero-order chi connectivity index (χ0) is 25.8. The number of likely N-dealkylation sites (tertiary alicyclic amines) is 1. The third-order valence-corrected chi connectivity index (χ3v) is 8.79. The number of halogens is 1. The molecule has 194 valence electrons. The van der Waals surface area contributed by atoms with E-state index in [1.807, 2.05) is 11.8 Å². The number of rotatable bonds is 8. The predicted molar refractivity (Wildman–Crippen MR) is 142 cm³/mol. The van der Waals surface area contributed by atoms with Crippen molar-refractivity contribution in [1.29, 1.82) is 0 Å². The number of likely N-dealkylation sites (N-methyl/N-ethyl adjacent to an activating group) is 1. The average molecular weight is 531 g/mol. The Morgan fingerprint density at radius 3 is 2.44 bits per heavy atom. The number of hydrogen-bond donors (Lipinski definition) is 2. The van der Waals surface area contributed by atoms with Crippen molar-refractivity contribution in [2.24, 2.45) is 5.92 Å². The first-order valence-corrected chi connectivity index (χ1v) is 14.0. The fraction of sp³-hybridized carbons (Fsp3) is 0.556. The third kappa shape index (κ3) is 5.82. The predicted octanol–water partition coefficient (Wildman–Crippen LogP) is 4.67. The van der Waals surface area contributed by atoms with Gasteiger partial charge in [0.05, 0.1) is 12.1 Å². The van der Waals surface area contributed by atoms with Crippen LogP contribution in [0.3, 0.4) is 0 Å². The number of thiazole rings is 1. The number of ketones is 1. The van der Waals surface area contributed by atoms with Gasteiger partial charge < -0.3 is 15.5 Å². The van der Waals surface area contributed by atoms with Crippen LogP contribution in [-0.2, 0) is 9.59 Å². The first-order valence-electron chi connectivity index (χ1n) is 12.9. The van der Waals surface area contributed by atoms with Crippen LogP contribution in [-0.4, -0.2) is 53.2 Å². The second-order valence-corrected chi connectivity index (χ2v) is 11.5. The van der Waals surface area contributed by atoms with Crippen LogP contribution in [0.2, 0.25) is 5.02 Å². The standard InChI is InChI=1S/C27H35ClN4O3S/c1-16(29-3)25(34)30-23(18-8-5-4-6-9-18)27(35)32-15-7-10-21(32)26-31-22(17(2)36-26)24(33)19-11-13-20(28)14-12-19/h11-14,16,18,21,23,29H,4-10,15H2,1-3H3,(H,30,34)/t16-,21-,23-/m0/s1. The van der Waals surface area contributed by atoms with E-state index in [-0.39, 0.29) is 35.6 Å². The van der Waals surface area contributed by atoms with Gasteiger partial charge in [0.25, 0.3) is 0 Å². The van der Waals surface area contributed by atoms with Gasteiger partial charge in [-0.1, -0.05) is 30.9 Å². The highest BCUT2D eigenvalue weighted by molar-refractivity contribution is 7.12. The Bertz CT molecular complexity index is 1100. The lowest BCUT2D eigenvalue weighted by Gasteiger charge is -2.35. The minimum Gasteiger partial charge on any atom is -0.343 e. The number of amides is 2. The molecule has 0 unspecified atom stereocenters. The van der Waals surface area contributed by atoms with Crippen molar-refractivity contribution < 1.29 is 14.4 Å². The second kappa shape index (κ2) is 11.8. The van der Waals surface area contributed by atoms with Crippen molar-refractivity contribution in [3.63, 3.8) is 0 Å². The SMILES string of the molecule is CN[C@@H](C)C(=O)N[C@H](C(=O)N1CCC[C@H]1c1nc(C(=O)c2ccc(Cl)cc2)c(C)s1)C1CCCCC1. The zero-order valence-electron chi connectivity index (χ0n) is 21.2. The Kier molecular flexibility index (Phi) is 8.80. The highest BCUT2D eigenvalue weighted by Gasteiger charge is 2.40. The van der Waals surface area contributed by atoms with Crippen molar-refractivity contribution in [2.45, 2.75) is 76.9 Å². The van der Waals surface area contributed by atoms with E-state index in [2.05, 4.69) is 10.6 Å². The molecular weight excluding hydrogens is 496 g/mol. The van der Waals surface area contributed by atoms with Crippen molar-refractivity contribution in [2.75, 3.05) is 13.6 Å². The van der Waals surface area contributed by atoms with Gasteiger partial charge in [0.15, 0.2) is 0 Å². The Hall–Kier alpha value is -2.29. The van der Waals surface area contributed by atoms with Gasteiger partial charge in [-0.3, -0.25) is 14.4 Å². The summed E-state index contributed by atoms with van der Waals surface area (Å²) in [7, 11) is 1.74. The quantitative estimate of drug-likeness (QED) is 0.484. The molecule has 2 aliphatic rings. The Morgan fingerprint density at radius 2 is 1.78 bits per heavy atom. The fourth-order valence-electron chi connectivity index (χ4n) is 5.23. The smallest absolute Gasteiger partial charge is 0.246 e. The van der Waals surface area contributed by atoms with E-state index >= 15 is 0 Å². The number of benzene rings is 1. The molecule has 3 atom stereocenters. The summed E-state index contributed by atoms with van der Waals surface area (Å²) in [6, 6.07) is 5.72. The molecule has 1 aliphatic heterocycles. The van der Waals surface area contributed by atoms with E-state index in [1.165, 1.54) is 17.8 Å². The summed E-state index contributed by atoms with van der Waals surface area (Å²) >= 11 is 7.46. The average Bonchev–Trinajstić information content (AvgIpc) is 3.53. The molecule has 0 bridgehead atoms. The van der Waals surface area contributed by atoms with Gasteiger partial charge in [0.1, 0.15) is 16.7 Å². The molecule has 36 heavy (non-hydrogen) atoms. The second-order valence-electron chi connectivity index (χ2n) is 9.88. The van der Waals surface area contributed by atoms with Crippen molar-refractivity contribution in [3.8, 4) is 0 Å². The van der Waals surface area contributed by atoms with E-state index in [1.54, 1.807) is 38.2 Å². The molecule has 2 fully saturated rings. The van der Waals surface area contributed by atoms with Crippen LogP contribution < -0.4 is 10.6 Å². The molecular formula is C27H35ClN4O3S. The van der Waals surface area contributed by atoms with Crippen molar-refractivity contribution in [1.82, 2.24) is 20.5 Å². The maximum atomic E-state index is 13.9. The normalized spacial score (nSPS) is 20.2. The number of aromatic nitrogens is 1. The lowest BCUT2D eigenvalue weighted by Crippen LogP contribution is -2.55. The van der Waals surface area contributed by atoms with Crippen LogP contribution >= 0.6 is 22.9 Å². The minimum atomic E-state index is -0.537. The molecule has 1 aromatic heterocycles. The summed E-state index contributed by atoms with van der Waals surface area (Å²) < 4.78 is 0. The summed E-state index contributed by atoms with van der Waals surface area (Å²) in [5.74, 6) is -0.186. The number of carbonyl (C=O) groups is 3. The summed E-state index contributed by atoms with van der Waals surface area (Å²) in [5, 5.41) is 7.40. The minimum absolute atomic E-state index is 0.0283. The molecule has 7 nitrogen and oxygen atoms in total. The summed E-state index contributed by atoms with van der Waals surface area (Å²) in [5.41, 5.74) is 0.967. The highest BCUT2D eigenvalue weighted by atomic mass is 35.5. The maximum absolute atomic E-state index is 13.9. The number of nitrogens with one attached hydrogen (secondary N) is 2. The van der Waals surface area contributed by atoms with E-state index in [0.717, 1.165) is 48.4 Å². The van der Waals surface area contributed by atoms with Crippen LogP contribution in [0.1, 0.15) is 83.8 Å². The summed E-state index contributed by atoms with van der Waals surface area (Å²) in [4.78, 5) is 47.3. The highest BCUT2D eigenvalue weighted by Crippen LogP contribution is 2.38. The molecule has 9 heteroatoms. The third-order valence-electron chi connectivity index (χ3n) is 7.47. The molecule has 0 spiro atoms. The molecule has 1 aliphatic carbocycles. The lowest BCUT2D eigenvalue weighted by atomic mass is 9.83. The lowest BCUT2D eigenvalue weighted by molar-refractivity contribution is -0.139. The maximum Gasteiger partial charge on any atom is 0.246 e. The fourth-order valence-corrected chi connectivity index (χ4v) is 6.42. The van der Waals surface area contributed by atoms with E-state index in [4.69, 9.17) is 16.6 Å². The van der Waals surface area contributed by atoms with Crippen LogP contribution in [0.25, 0.3) is 0 Å². The summed E-state index contributed by atoms with van der Waals surface area (Å²) in [6.07, 6.45) is 6.89. The van der Waals surface area contributed by atoms with Gasteiger partial charge in [-0.2, -0.15) is 0 Å². The monoisotopic (exact) mass is 530 g/mol. The van der Waals surface area contributed by atoms with Crippen LogP contribution in [0.15, 0.2) is 24.3 Å². The molecule has 2 aromatic rings. The summed E-state index contributed by atoms with van der Waals surface area (Å²) in [6.45, 7) is 4.33. The van der Waals surface area contributed by atoms with Crippen molar-refractivity contribution >= 4 is 40.5 Å². The number of carbonyl (C=O) groups excluding carboxylic acids is 3. The molecule has 1 saturated heterocycles. The van der Waals surface area contributed by atoms with E-state index in [9.17, 15) is 14.4 Å². The number of aryl methyl sites for hydroxylation is 1. The van der Waals surface area contributed by atoms with Gasteiger partial charge in [-0.05, 0) is 76.8 Å². The van der Waals surface area contributed by atoms with Crippen LogP contribution in [0, 0.1) is 12.8 Å². The zero-order valence-corrected chi connectivity index (χ0v) is 22.8. The Labute approximate surface area is 222 Å². The van der Waals surface area contributed by atoms with Gasteiger partial charge in [0, 0.05) is 22.0 Å². The molecule has 1 aromatic carbocycles. The van der Waals surface area contributed by atoms with Gasteiger partial charge in [-0.15, -0.1) is 11.3 Å². The topological polar surface area (TPSA) is 91.4 Å². The van der Waals surface area contributed by atoms with Gasteiger partial charge >= 0.3 is 0 Å². The first kappa shape index (κ1) is 26.8. The van der Waals surface area contributed by atoms with E-state index in [0.29, 0.717) is 22.8 Å². The Morgan fingerprint density at radius 1 is 1.08 bits per heavy atom. The van der Waals surface area contributed by atoms with Gasteiger partial charge in [0.2, 0.25) is 17.6 Å². The molecule has 1 saturated carbocycles. The molecule has 2 amide bonds. The van der Waals surface area contributed by atoms with E-state index < -0.39 is 6.04 Å². The molecule has 2 heterocycles. The largest absolute Gasteiger partial charge is 0.343 e. The molecule has 4 rings (SSSR count). The molecule has 0 radical (unpaired) electrons. The first-order chi connectivity index (χ1) is 17.3. The number of hydrogen-bond acceptors (Lipinski definition) is 6. The van der Waals surface area contributed by atoms with Crippen LogP contribution in [0.5, 0.6) is 0 Å².